The minimum Gasteiger partial charge on any atom is -0.311 e. The molecule has 0 amide bonds. The second-order valence-corrected chi connectivity index (χ2v) is 34.1. The molecule has 0 saturated heterocycles. The van der Waals surface area contributed by atoms with Crippen LogP contribution >= 0.6 is 0 Å². The van der Waals surface area contributed by atoms with E-state index in [1.54, 1.807) is 0 Å². The number of rotatable bonds is 9. The molecule has 2 aliphatic heterocycles. The van der Waals surface area contributed by atoms with E-state index >= 15 is 0 Å². The van der Waals surface area contributed by atoms with Gasteiger partial charge in [-0.3, -0.25) is 0 Å². The molecule has 0 bridgehead atoms. The number of hydrogen-bond acceptors (Lipinski definition) is 4. The van der Waals surface area contributed by atoms with Crippen molar-refractivity contribution in [1.29, 1.82) is 0 Å². The van der Waals surface area contributed by atoms with E-state index in [0.717, 1.165) is 95.3 Å². The van der Waals surface area contributed by atoms with Gasteiger partial charge in [0.05, 0.1) is 11.4 Å². The Kier molecular flexibility index (Phi) is 16.5. The Morgan fingerprint density at radius 3 is 0.818 bits per heavy atom. The molecule has 0 spiro atoms. The van der Waals surface area contributed by atoms with Gasteiger partial charge in [-0.05, 0) is 218 Å². The Morgan fingerprint density at radius 1 is 0.232 bits per heavy atom. The van der Waals surface area contributed by atoms with E-state index in [1.807, 2.05) is 0 Å². The first kappa shape index (κ1) is 66.4. The van der Waals surface area contributed by atoms with Crippen LogP contribution in [0.5, 0.6) is 0 Å². The highest BCUT2D eigenvalue weighted by atomic mass is 15.2. The third kappa shape index (κ3) is 13.0. The van der Waals surface area contributed by atoms with Crippen molar-refractivity contribution in [2.45, 2.75) is 157 Å². The smallest absolute Gasteiger partial charge is 0.252 e. The van der Waals surface area contributed by atoms with Crippen molar-refractivity contribution in [2.24, 2.45) is 0 Å². The van der Waals surface area contributed by atoms with Crippen molar-refractivity contribution in [1.82, 2.24) is 9.97 Å². The normalized spacial score (nSPS) is 13.3. The maximum atomic E-state index is 5.99. The number of fused-ring (bicyclic) bond motifs is 4. The zero-order chi connectivity index (χ0) is 69.9. The minimum absolute atomic E-state index is 0.126. The maximum Gasteiger partial charge on any atom is 0.252 e. The SMILES string of the molecule is CC(C)(C)c1cc(N2c3ccc(C(C)(C)C)cc3B3c4cc(C(C)(C)C)ccc4N(c4cc(C(C)(C)C)cc(C(C)(C)C)c4)c4cc(-c5cc(-c6cc(-c7ccccc7)cc(-c7ccccc7)c6)nc(-c6cc(-c7ccccc7)cc(-c7ccccc7)c6)n5)cc2c43)cc(C(C)(C)C)c1. The maximum absolute atomic E-state index is 5.99. The Balaban J connectivity index is 1.15. The zero-order valence-corrected chi connectivity index (χ0v) is 61.5. The lowest BCUT2D eigenvalue weighted by atomic mass is 9.33. The summed E-state index contributed by atoms with van der Waals surface area (Å²) in [5.41, 5.74) is 31.2. The van der Waals surface area contributed by atoms with Crippen LogP contribution in [0.4, 0.5) is 34.1 Å². The second-order valence-electron chi connectivity index (χ2n) is 34.1. The number of nitrogens with zero attached hydrogens (tertiary/aromatic N) is 4. The number of hydrogen-bond donors (Lipinski definition) is 0. The van der Waals surface area contributed by atoms with Crippen LogP contribution < -0.4 is 26.2 Å². The summed E-state index contributed by atoms with van der Waals surface area (Å²) in [4.78, 5) is 17.1. The fourth-order valence-corrected chi connectivity index (χ4v) is 14.4. The van der Waals surface area contributed by atoms with Gasteiger partial charge >= 0.3 is 0 Å². The van der Waals surface area contributed by atoms with Crippen LogP contribution in [0.1, 0.15) is 158 Å². The van der Waals surface area contributed by atoms with E-state index in [2.05, 4.69) is 383 Å². The third-order valence-corrected chi connectivity index (χ3v) is 20.5. The van der Waals surface area contributed by atoms with Crippen molar-refractivity contribution in [3.05, 3.63) is 282 Å². The Bertz CT molecular complexity index is 4570. The average Bonchev–Trinajstić information content (AvgIpc) is 0.692. The zero-order valence-electron chi connectivity index (χ0n) is 61.5. The standard InChI is InChI=1S/C94H95BN4/c1-89(2,3)71-39-41-83-79(57-71)95-80-58-72(90(4,5)6)40-42-84(80)99(78-55-75(93(13,14)15)52-76(56-78)94(16,17)18)86-50-69(49-85(87(86)95)98(83)77-53-73(91(7,8)9)51-74(54-77)92(10,11)12)82-59-81(68-45-64(60-31-23-19-24-32-60)43-65(46-68)61-33-25-20-26-34-61)96-88(97-82)70-47-66(62-35-27-21-28-36-62)44-67(48-70)63-37-29-22-30-38-63/h19-59H,1-18H3. The van der Waals surface area contributed by atoms with E-state index in [0.29, 0.717) is 5.82 Å². The summed E-state index contributed by atoms with van der Waals surface area (Å²) in [6.07, 6.45) is 0. The van der Waals surface area contributed by atoms with E-state index in [-0.39, 0.29) is 39.2 Å². The summed E-state index contributed by atoms with van der Waals surface area (Å²) < 4.78 is 0. The van der Waals surface area contributed by atoms with Gasteiger partial charge in [-0.1, -0.05) is 282 Å². The molecule has 5 heteroatoms. The molecule has 0 aliphatic carbocycles. The first-order chi connectivity index (χ1) is 46.8. The number of anilines is 6. The molecule has 3 heterocycles. The molecule has 0 unspecified atom stereocenters. The molecule has 1 aromatic heterocycles. The van der Waals surface area contributed by atoms with Gasteiger partial charge in [-0.2, -0.15) is 0 Å². The fraction of sp³-hybridized carbons (Fsp3) is 0.255. The van der Waals surface area contributed by atoms with E-state index in [9.17, 15) is 0 Å². The lowest BCUT2D eigenvalue weighted by molar-refractivity contribution is 0.568. The first-order valence-corrected chi connectivity index (χ1v) is 35.6. The molecular weight excluding hydrogens is 1200 g/mol. The summed E-state index contributed by atoms with van der Waals surface area (Å²) in [5, 5.41) is 0. The quantitative estimate of drug-likeness (QED) is 0.135. The molecule has 99 heavy (non-hydrogen) atoms. The molecule has 0 radical (unpaired) electrons. The average molecular weight is 1290 g/mol. The van der Waals surface area contributed by atoms with Crippen LogP contribution in [0.15, 0.2) is 249 Å². The lowest BCUT2D eigenvalue weighted by Crippen LogP contribution is -2.61. The molecule has 14 rings (SSSR count). The molecule has 11 aromatic carbocycles. The summed E-state index contributed by atoms with van der Waals surface area (Å²) in [7, 11) is 0. The largest absolute Gasteiger partial charge is 0.311 e. The topological polar surface area (TPSA) is 32.3 Å². The van der Waals surface area contributed by atoms with Gasteiger partial charge < -0.3 is 9.80 Å². The van der Waals surface area contributed by atoms with Crippen molar-refractivity contribution in [2.75, 3.05) is 9.80 Å². The van der Waals surface area contributed by atoms with Gasteiger partial charge in [0.15, 0.2) is 5.82 Å². The van der Waals surface area contributed by atoms with Gasteiger partial charge in [-0.25, -0.2) is 9.97 Å². The Hall–Kier alpha value is -9.84. The van der Waals surface area contributed by atoms with Crippen LogP contribution in [0.3, 0.4) is 0 Å². The molecule has 2 aliphatic rings. The van der Waals surface area contributed by atoms with Crippen LogP contribution in [0.25, 0.3) is 78.4 Å². The van der Waals surface area contributed by atoms with Gasteiger partial charge in [0.25, 0.3) is 6.71 Å². The van der Waals surface area contributed by atoms with Crippen molar-refractivity contribution < 1.29 is 0 Å². The Morgan fingerprint density at radius 2 is 0.515 bits per heavy atom. The van der Waals surface area contributed by atoms with Crippen molar-refractivity contribution in [3.8, 4) is 78.4 Å². The predicted octanol–water partition coefficient (Wildman–Crippen LogP) is 24.0. The Labute approximate surface area is 591 Å². The number of aromatic nitrogens is 2. The van der Waals surface area contributed by atoms with Crippen molar-refractivity contribution >= 4 is 57.2 Å². The summed E-state index contributed by atoms with van der Waals surface area (Å²) in [5.74, 6) is 0.641. The molecule has 0 atom stereocenters. The summed E-state index contributed by atoms with van der Waals surface area (Å²) in [6, 6.07) is 93.9. The first-order valence-electron chi connectivity index (χ1n) is 35.6. The minimum atomic E-state index is -0.152. The van der Waals surface area contributed by atoms with Gasteiger partial charge in [-0.15, -0.1) is 0 Å². The van der Waals surface area contributed by atoms with Crippen LogP contribution in [-0.4, -0.2) is 16.7 Å². The van der Waals surface area contributed by atoms with E-state index < -0.39 is 0 Å². The van der Waals surface area contributed by atoms with Gasteiger partial charge in [0, 0.05) is 50.8 Å². The molecule has 4 nitrogen and oxygen atoms in total. The summed E-state index contributed by atoms with van der Waals surface area (Å²) >= 11 is 0. The van der Waals surface area contributed by atoms with Crippen molar-refractivity contribution in [3.63, 3.8) is 0 Å². The van der Waals surface area contributed by atoms with Crippen LogP contribution in [0, 0.1) is 0 Å². The van der Waals surface area contributed by atoms with Crippen LogP contribution in [0.2, 0.25) is 0 Å². The van der Waals surface area contributed by atoms with Crippen LogP contribution in [-0.2, 0) is 32.5 Å². The molecule has 0 fully saturated rings. The molecule has 494 valence electrons. The summed E-state index contributed by atoms with van der Waals surface area (Å²) in [6.45, 7) is 42.3. The second kappa shape index (κ2) is 24.6. The molecular formula is C94H95BN4. The lowest BCUT2D eigenvalue weighted by Gasteiger charge is -2.45. The molecule has 0 saturated carbocycles. The highest BCUT2D eigenvalue weighted by molar-refractivity contribution is 7.00. The monoisotopic (exact) mass is 1290 g/mol. The molecule has 12 aromatic rings. The fourth-order valence-electron chi connectivity index (χ4n) is 14.4. The highest BCUT2D eigenvalue weighted by Crippen LogP contribution is 2.50. The van der Waals surface area contributed by atoms with E-state index in [4.69, 9.17) is 9.97 Å². The molecule has 0 N–H and O–H groups in total. The van der Waals surface area contributed by atoms with Gasteiger partial charge in [0.1, 0.15) is 0 Å². The van der Waals surface area contributed by atoms with Gasteiger partial charge in [0.2, 0.25) is 0 Å². The third-order valence-electron chi connectivity index (χ3n) is 20.5. The number of benzene rings is 11. The predicted molar refractivity (Wildman–Crippen MR) is 426 cm³/mol. The highest BCUT2D eigenvalue weighted by Gasteiger charge is 2.45. The van der Waals surface area contributed by atoms with E-state index in [1.165, 1.54) is 61.1 Å².